The Hall–Kier alpha value is -1.22. The number of benzene rings is 2. The van der Waals surface area contributed by atoms with Crippen molar-refractivity contribution in [3.63, 3.8) is 0 Å². The quantitative estimate of drug-likeness (QED) is 0.441. The number of amides is 1. The SMILES string of the molecule is Cc1ccc(Cl)c2sc(N(CCN3CCOCC3)C(=O)c3cccc(Br)c3)nc12.Cl. The lowest BCUT2D eigenvalue weighted by Crippen LogP contribution is -2.43. The number of hydrogen-bond acceptors (Lipinski definition) is 5. The molecule has 1 aliphatic rings. The largest absolute Gasteiger partial charge is 0.379 e. The molecule has 1 amide bonds. The van der Waals surface area contributed by atoms with Crippen LogP contribution in [0.3, 0.4) is 0 Å². The molecular weight excluding hydrogens is 509 g/mol. The molecule has 2 aromatic carbocycles. The van der Waals surface area contributed by atoms with E-state index < -0.39 is 0 Å². The van der Waals surface area contributed by atoms with E-state index in [-0.39, 0.29) is 18.3 Å². The van der Waals surface area contributed by atoms with Crippen LogP contribution < -0.4 is 4.90 Å². The fraction of sp³-hybridized carbons (Fsp3) is 0.333. The smallest absolute Gasteiger partial charge is 0.260 e. The average Bonchev–Trinajstić information content (AvgIpc) is 3.18. The predicted octanol–water partition coefficient (Wildman–Crippen LogP) is 5.42. The number of fused-ring (bicyclic) bond motifs is 1. The van der Waals surface area contributed by atoms with E-state index in [4.69, 9.17) is 21.3 Å². The molecule has 1 aliphatic heterocycles. The number of anilines is 1. The zero-order valence-electron chi connectivity index (χ0n) is 16.4. The van der Waals surface area contributed by atoms with E-state index in [0.29, 0.717) is 22.3 Å². The molecule has 160 valence electrons. The second-order valence-electron chi connectivity index (χ2n) is 6.96. The highest BCUT2D eigenvalue weighted by Gasteiger charge is 2.24. The van der Waals surface area contributed by atoms with E-state index >= 15 is 0 Å². The Morgan fingerprint density at radius 2 is 2.07 bits per heavy atom. The van der Waals surface area contributed by atoms with Crippen LogP contribution in [-0.4, -0.2) is 55.2 Å². The van der Waals surface area contributed by atoms with Gasteiger partial charge in [0.1, 0.15) is 0 Å². The van der Waals surface area contributed by atoms with Gasteiger partial charge in [0.05, 0.1) is 28.5 Å². The van der Waals surface area contributed by atoms with Crippen LogP contribution in [0.4, 0.5) is 5.13 Å². The molecule has 0 atom stereocenters. The molecule has 9 heteroatoms. The third-order valence-corrected chi connectivity index (χ3v) is 7.01. The van der Waals surface area contributed by atoms with Gasteiger partial charge in [-0.05, 0) is 36.8 Å². The lowest BCUT2D eigenvalue weighted by molar-refractivity contribution is 0.0391. The summed E-state index contributed by atoms with van der Waals surface area (Å²) >= 11 is 11.3. The molecular formula is C21H22BrCl2N3O2S. The minimum atomic E-state index is -0.0626. The van der Waals surface area contributed by atoms with Gasteiger partial charge in [0, 0.05) is 36.2 Å². The fourth-order valence-corrected chi connectivity index (χ4v) is 5.07. The summed E-state index contributed by atoms with van der Waals surface area (Å²) in [6.07, 6.45) is 0. The number of aromatic nitrogens is 1. The number of nitrogens with zero attached hydrogens (tertiary/aromatic N) is 3. The van der Waals surface area contributed by atoms with Gasteiger partial charge in [-0.2, -0.15) is 0 Å². The minimum absolute atomic E-state index is 0. The van der Waals surface area contributed by atoms with Gasteiger partial charge in [0.15, 0.2) is 5.13 Å². The summed E-state index contributed by atoms with van der Waals surface area (Å²) < 4.78 is 7.23. The predicted molar refractivity (Wildman–Crippen MR) is 130 cm³/mol. The molecule has 4 rings (SSSR count). The Bertz CT molecular complexity index is 1000. The molecule has 0 saturated carbocycles. The number of halogens is 3. The first kappa shape index (κ1) is 23.4. The van der Waals surface area contributed by atoms with Crippen molar-refractivity contribution >= 4 is 72.5 Å². The second-order valence-corrected chi connectivity index (χ2v) is 9.26. The van der Waals surface area contributed by atoms with Gasteiger partial charge < -0.3 is 4.74 Å². The lowest BCUT2D eigenvalue weighted by atomic mass is 10.2. The van der Waals surface area contributed by atoms with Crippen molar-refractivity contribution in [2.24, 2.45) is 0 Å². The number of carbonyl (C=O) groups excluding carboxylic acids is 1. The summed E-state index contributed by atoms with van der Waals surface area (Å²) in [4.78, 5) is 22.3. The van der Waals surface area contributed by atoms with Gasteiger partial charge in [0.25, 0.3) is 5.91 Å². The van der Waals surface area contributed by atoms with Gasteiger partial charge in [0.2, 0.25) is 0 Å². The van der Waals surface area contributed by atoms with Crippen molar-refractivity contribution in [2.75, 3.05) is 44.3 Å². The summed E-state index contributed by atoms with van der Waals surface area (Å²) in [5, 5.41) is 1.34. The second kappa shape index (κ2) is 10.4. The highest BCUT2D eigenvalue weighted by Crippen LogP contribution is 2.36. The van der Waals surface area contributed by atoms with Gasteiger partial charge in [-0.3, -0.25) is 14.6 Å². The summed E-state index contributed by atoms with van der Waals surface area (Å²) in [5.41, 5.74) is 2.54. The Morgan fingerprint density at radius 3 is 2.77 bits per heavy atom. The van der Waals surface area contributed by atoms with Crippen LogP contribution >= 0.6 is 51.3 Å². The molecule has 5 nitrogen and oxygen atoms in total. The zero-order chi connectivity index (χ0) is 20.4. The highest BCUT2D eigenvalue weighted by atomic mass is 79.9. The third-order valence-electron chi connectivity index (χ3n) is 4.98. The molecule has 0 bridgehead atoms. The molecule has 3 aromatic rings. The molecule has 0 radical (unpaired) electrons. The lowest BCUT2D eigenvalue weighted by Gasteiger charge is -2.29. The number of ether oxygens (including phenoxy) is 1. The van der Waals surface area contributed by atoms with E-state index in [0.717, 1.165) is 53.1 Å². The summed E-state index contributed by atoms with van der Waals surface area (Å²) in [6.45, 7) is 6.56. The highest BCUT2D eigenvalue weighted by molar-refractivity contribution is 9.10. The summed E-state index contributed by atoms with van der Waals surface area (Å²) in [5.74, 6) is -0.0626. The average molecular weight is 531 g/mol. The fourth-order valence-electron chi connectivity index (χ4n) is 3.33. The van der Waals surface area contributed by atoms with Crippen LogP contribution in [0.15, 0.2) is 40.9 Å². The van der Waals surface area contributed by atoms with Crippen molar-refractivity contribution in [3.05, 3.63) is 57.0 Å². The molecule has 1 fully saturated rings. The monoisotopic (exact) mass is 529 g/mol. The van der Waals surface area contributed by atoms with Crippen LogP contribution in [0.25, 0.3) is 10.2 Å². The van der Waals surface area contributed by atoms with Crippen molar-refractivity contribution in [1.29, 1.82) is 0 Å². The maximum Gasteiger partial charge on any atom is 0.260 e. The van der Waals surface area contributed by atoms with E-state index in [1.807, 2.05) is 43.3 Å². The number of thiazole rings is 1. The van der Waals surface area contributed by atoms with Crippen molar-refractivity contribution < 1.29 is 9.53 Å². The molecule has 0 aliphatic carbocycles. The first-order valence-corrected chi connectivity index (χ1v) is 11.4. The molecule has 2 heterocycles. The number of hydrogen-bond donors (Lipinski definition) is 0. The molecule has 30 heavy (non-hydrogen) atoms. The number of morpholine rings is 1. The molecule has 1 aromatic heterocycles. The van der Waals surface area contributed by atoms with Crippen molar-refractivity contribution in [2.45, 2.75) is 6.92 Å². The Morgan fingerprint density at radius 1 is 1.30 bits per heavy atom. The first-order valence-electron chi connectivity index (χ1n) is 9.46. The van der Waals surface area contributed by atoms with Crippen molar-refractivity contribution in [3.8, 4) is 0 Å². The Balaban J connectivity index is 0.00000256. The van der Waals surface area contributed by atoms with Crippen LogP contribution in [-0.2, 0) is 4.74 Å². The van der Waals surface area contributed by atoms with E-state index in [2.05, 4.69) is 20.8 Å². The Labute approximate surface area is 199 Å². The van der Waals surface area contributed by atoms with Gasteiger partial charge >= 0.3 is 0 Å². The van der Waals surface area contributed by atoms with Crippen molar-refractivity contribution in [1.82, 2.24) is 9.88 Å². The summed E-state index contributed by atoms with van der Waals surface area (Å²) in [6, 6.07) is 11.3. The summed E-state index contributed by atoms with van der Waals surface area (Å²) in [7, 11) is 0. The van der Waals surface area contributed by atoms with Crippen LogP contribution in [0.1, 0.15) is 15.9 Å². The normalized spacial score (nSPS) is 14.5. The maximum absolute atomic E-state index is 13.4. The maximum atomic E-state index is 13.4. The zero-order valence-corrected chi connectivity index (χ0v) is 20.4. The van der Waals surface area contributed by atoms with Gasteiger partial charge in [-0.25, -0.2) is 4.98 Å². The van der Waals surface area contributed by atoms with E-state index in [1.54, 1.807) is 4.90 Å². The molecule has 1 saturated heterocycles. The standard InChI is InChI=1S/C21H21BrClN3O2S.ClH/c1-14-5-6-17(23)19-18(14)24-21(29-19)26(8-7-25-9-11-28-12-10-25)20(27)15-3-2-4-16(22)13-15;/h2-6,13H,7-12H2,1H3;1H. The number of aryl methyl sites for hydroxylation is 1. The van der Waals surface area contributed by atoms with Gasteiger partial charge in [-0.1, -0.05) is 51.0 Å². The van der Waals surface area contributed by atoms with Crippen LogP contribution in [0, 0.1) is 6.92 Å². The third kappa shape index (κ3) is 5.15. The number of carbonyl (C=O) groups is 1. The minimum Gasteiger partial charge on any atom is -0.379 e. The van der Waals surface area contributed by atoms with Crippen LogP contribution in [0.5, 0.6) is 0 Å². The first-order chi connectivity index (χ1) is 14.0. The van der Waals surface area contributed by atoms with Crippen LogP contribution in [0.2, 0.25) is 5.02 Å². The van der Waals surface area contributed by atoms with E-state index in [1.165, 1.54) is 11.3 Å². The molecule has 0 unspecified atom stereocenters. The molecule has 0 spiro atoms. The number of rotatable bonds is 5. The molecule has 0 N–H and O–H groups in total. The van der Waals surface area contributed by atoms with Gasteiger partial charge in [-0.15, -0.1) is 12.4 Å². The van der Waals surface area contributed by atoms with E-state index in [9.17, 15) is 4.79 Å². The topological polar surface area (TPSA) is 45.7 Å². The Kier molecular flexibility index (Phi) is 8.12.